The van der Waals surface area contributed by atoms with Gasteiger partial charge in [0.25, 0.3) is 0 Å². The second-order valence-electron chi connectivity index (χ2n) is 2.57. The van der Waals surface area contributed by atoms with Crippen molar-refractivity contribution in [2.75, 3.05) is 0 Å². The number of hydrogen-bond acceptors (Lipinski definition) is 3. The SMILES string of the molecule is C(=Cc1conn1)c1ccccc1. The third-order valence-corrected chi connectivity index (χ3v) is 1.62. The van der Waals surface area contributed by atoms with Crippen molar-refractivity contribution in [3.05, 3.63) is 47.9 Å². The molecule has 2 aromatic rings. The lowest BCUT2D eigenvalue weighted by atomic mass is 10.2. The minimum atomic E-state index is 0.726. The standard InChI is InChI=1S/C10H8N2O/c1-2-4-9(5-3-1)6-7-10-8-13-12-11-10/h1-8H. The molecule has 64 valence electrons. The molecule has 3 heteroatoms. The highest BCUT2D eigenvalue weighted by molar-refractivity contribution is 5.67. The van der Waals surface area contributed by atoms with E-state index in [0.717, 1.165) is 11.3 Å². The first-order valence-electron chi connectivity index (χ1n) is 3.95. The van der Waals surface area contributed by atoms with Crippen molar-refractivity contribution in [1.82, 2.24) is 10.4 Å². The van der Waals surface area contributed by atoms with Crippen LogP contribution in [0, 0.1) is 0 Å². The fourth-order valence-corrected chi connectivity index (χ4v) is 0.990. The van der Waals surface area contributed by atoms with Gasteiger partial charge < -0.3 is 4.52 Å². The van der Waals surface area contributed by atoms with Gasteiger partial charge in [-0.15, -0.1) is 5.10 Å². The molecule has 0 radical (unpaired) electrons. The third-order valence-electron chi connectivity index (χ3n) is 1.62. The predicted molar refractivity (Wildman–Crippen MR) is 49.7 cm³/mol. The maximum absolute atomic E-state index is 4.59. The van der Waals surface area contributed by atoms with Crippen LogP contribution in [0.4, 0.5) is 0 Å². The molecule has 1 aromatic heterocycles. The van der Waals surface area contributed by atoms with E-state index >= 15 is 0 Å². The normalized spacial score (nSPS) is 10.8. The molecule has 0 amide bonds. The van der Waals surface area contributed by atoms with Crippen molar-refractivity contribution >= 4 is 12.2 Å². The first kappa shape index (κ1) is 7.73. The van der Waals surface area contributed by atoms with E-state index < -0.39 is 0 Å². The van der Waals surface area contributed by atoms with Crippen LogP contribution in [0.2, 0.25) is 0 Å². The van der Waals surface area contributed by atoms with E-state index in [2.05, 4.69) is 14.9 Å². The van der Waals surface area contributed by atoms with Crippen molar-refractivity contribution < 1.29 is 4.52 Å². The topological polar surface area (TPSA) is 38.9 Å². The molecule has 13 heavy (non-hydrogen) atoms. The summed E-state index contributed by atoms with van der Waals surface area (Å²) in [5.41, 5.74) is 1.86. The summed E-state index contributed by atoms with van der Waals surface area (Å²) < 4.78 is 4.59. The van der Waals surface area contributed by atoms with E-state index in [9.17, 15) is 0 Å². The van der Waals surface area contributed by atoms with Crippen LogP contribution in [-0.2, 0) is 0 Å². The zero-order valence-electron chi connectivity index (χ0n) is 6.92. The molecule has 0 saturated heterocycles. The van der Waals surface area contributed by atoms with Crippen LogP contribution < -0.4 is 0 Å². The van der Waals surface area contributed by atoms with E-state index in [-0.39, 0.29) is 0 Å². The van der Waals surface area contributed by atoms with Gasteiger partial charge in [0.05, 0.1) is 0 Å². The summed E-state index contributed by atoms with van der Waals surface area (Å²) in [6.45, 7) is 0. The van der Waals surface area contributed by atoms with Gasteiger partial charge in [-0.05, 0) is 11.6 Å². The first-order chi connectivity index (χ1) is 6.45. The number of nitrogens with zero attached hydrogens (tertiary/aromatic N) is 2. The molecule has 0 atom stereocenters. The summed E-state index contributed by atoms with van der Waals surface area (Å²) in [5, 5.41) is 7.09. The maximum Gasteiger partial charge on any atom is 0.151 e. The molecule has 0 aliphatic heterocycles. The van der Waals surface area contributed by atoms with Crippen LogP contribution in [-0.4, -0.2) is 10.4 Å². The van der Waals surface area contributed by atoms with Crippen molar-refractivity contribution in [2.24, 2.45) is 0 Å². The Bertz CT molecular complexity index is 379. The number of benzene rings is 1. The van der Waals surface area contributed by atoms with E-state index in [1.165, 1.54) is 6.26 Å². The van der Waals surface area contributed by atoms with E-state index in [0.29, 0.717) is 0 Å². The fraction of sp³-hybridized carbons (Fsp3) is 0. The molecule has 1 heterocycles. The molecule has 0 aliphatic carbocycles. The lowest BCUT2D eigenvalue weighted by Crippen LogP contribution is -1.71. The molecule has 0 aliphatic rings. The van der Waals surface area contributed by atoms with Gasteiger partial charge in [0.15, 0.2) is 6.26 Å². The summed E-state index contributed by atoms with van der Waals surface area (Å²) in [4.78, 5) is 0. The minimum absolute atomic E-state index is 0.726. The highest BCUT2D eigenvalue weighted by Gasteiger charge is 1.89. The minimum Gasteiger partial charge on any atom is -0.345 e. The Labute approximate surface area is 75.7 Å². The zero-order chi connectivity index (χ0) is 8.93. The Morgan fingerprint density at radius 1 is 1.08 bits per heavy atom. The summed E-state index contributed by atoms with van der Waals surface area (Å²) in [6, 6.07) is 9.99. The molecule has 0 spiro atoms. The van der Waals surface area contributed by atoms with Gasteiger partial charge in [0.2, 0.25) is 0 Å². The number of hydrogen-bond donors (Lipinski definition) is 0. The van der Waals surface area contributed by atoms with E-state index in [4.69, 9.17) is 0 Å². The Balaban J connectivity index is 2.15. The average Bonchev–Trinajstić information content (AvgIpc) is 2.69. The van der Waals surface area contributed by atoms with Gasteiger partial charge in [-0.2, -0.15) is 0 Å². The molecule has 3 nitrogen and oxygen atoms in total. The second-order valence-corrected chi connectivity index (χ2v) is 2.57. The second kappa shape index (κ2) is 3.67. The monoisotopic (exact) mass is 172 g/mol. The van der Waals surface area contributed by atoms with Crippen LogP contribution in [0.3, 0.4) is 0 Å². The average molecular weight is 172 g/mol. The number of aromatic nitrogens is 2. The lowest BCUT2D eigenvalue weighted by molar-refractivity contribution is 0.393. The Hall–Kier alpha value is -1.90. The lowest BCUT2D eigenvalue weighted by Gasteiger charge is -1.88. The molecule has 0 N–H and O–H groups in total. The fourth-order valence-electron chi connectivity index (χ4n) is 0.990. The van der Waals surface area contributed by atoms with E-state index in [1.54, 1.807) is 0 Å². The quantitative estimate of drug-likeness (QED) is 0.697. The molecular formula is C10H8N2O. The molecule has 0 fully saturated rings. The van der Waals surface area contributed by atoms with Crippen molar-refractivity contribution in [1.29, 1.82) is 0 Å². The highest BCUT2D eigenvalue weighted by Crippen LogP contribution is 2.04. The van der Waals surface area contributed by atoms with Crippen LogP contribution in [0.5, 0.6) is 0 Å². The summed E-state index contributed by atoms with van der Waals surface area (Å²) in [7, 11) is 0. The van der Waals surface area contributed by atoms with Gasteiger partial charge in [0.1, 0.15) is 5.69 Å². The molecule has 1 aromatic carbocycles. The molecule has 0 unspecified atom stereocenters. The first-order valence-corrected chi connectivity index (χ1v) is 3.95. The van der Waals surface area contributed by atoms with Crippen LogP contribution in [0.25, 0.3) is 12.2 Å². The Morgan fingerprint density at radius 2 is 1.92 bits per heavy atom. The number of rotatable bonds is 2. The molecule has 2 rings (SSSR count). The highest BCUT2D eigenvalue weighted by atomic mass is 16.5. The maximum atomic E-state index is 4.59. The summed E-state index contributed by atoms with van der Waals surface area (Å²) in [6.07, 6.45) is 5.31. The predicted octanol–water partition coefficient (Wildman–Crippen LogP) is 2.24. The Morgan fingerprint density at radius 3 is 2.62 bits per heavy atom. The molecular weight excluding hydrogens is 164 g/mol. The van der Waals surface area contributed by atoms with Crippen LogP contribution >= 0.6 is 0 Å². The van der Waals surface area contributed by atoms with Gasteiger partial charge in [-0.3, -0.25) is 0 Å². The van der Waals surface area contributed by atoms with Gasteiger partial charge >= 0.3 is 0 Å². The van der Waals surface area contributed by atoms with Gasteiger partial charge in [-0.25, -0.2) is 0 Å². The van der Waals surface area contributed by atoms with Crippen LogP contribution in [0.1, 0.15) is 11.3 Å². The van der Waals surface area contributed by atoms with Gasteiger partial charge in [0, 0.05) is 5.27 Å². The van der Waals surface area contributed by atoms with Gasteiger partial charge in [-0.1, -0.05) is 36.4 Å². The smallest absolute Gasteiger partial charge is 0.151 e. The molecule has 0 bridgehead atoms. The zero-order valence-corrected chi connectivity index (χ0v) is 6.92. The third kappa shape index (κ3) is 2.02. The largest absolute Gasteiger partial charge is 0.345 e. The van der Waals surface area contributed by atoms with Crippen LogP contribution in [0.15, 0.2) is 41.1 Å². The van der Waals surface area contributed by atoms with E-state index in [1.807, 2.05) is 42.5 Å². The van der Waals surface area contributed by atoms with Crippen molar-refractivity contribution in [3.63, 3.8) is 0 Å². The van der Waals surface area contributed by atoms with Crippen molar-refractivity contribution in [3.8, 4) is 0 Å². The molecule has 0 saturated carbocycles. The Kier molecular flexibility index (Phi) is 2.18. The summed E-state index contributed by atoms with van der Waals surface area (Å²) >= 11 is 0. The summed E-state index contributed by atoms with van der Waals surface area (Å²) in [5.74, 6) is 0. The van der Waals surface area contributed by atoms with Crippen molar-refractivity contribution in [2.45, 2.75) is 0 Å².